The van der Waals surface area contributed by atoms with Crippen LogP contribution in [0.1, 0.15) is 45.6 Å². The van der Waals surface area contributed by atoms with Gasteiger partial charge in [-0.15, -0.1) is 0 Å². The van der Waals surface area contributed by atoms with E-state index >= 15 is 0 Å². The van der Waals surface area contributed by atoms with Crippen molar-refractivity contribution >= 4 is 27.5 Å². The highest BCUT2D eigenvalue weighted by Gasteiger charge is 2.29. The van der Waals surface area contributed by atoms with Gasteiger partial charge in [0.05, 0.1) is 19.1 Å². The quantitative estimate of drug-likeness (QED) is 0.417. The summed E-state index contributed by atoms with van der Waals surface area (Å²) < 4.78 is 57.8. The zero-order valence-corrected chi connectivity index (χ0v) is 22.6. The Hall–Kier alpha value is -3.21. The number of benzene rings is 2. The molecule has 204 valence electrons. The second kappa shape index (κ2) is 13.4. The molecule has 2 aromatic carbocycles. The molecule has 0 bridgehead atoms. The van der Waals surface area contributed by atoms with Gasteiger partial charge in [-0.1, -0.05) is 19.1 Å². The van der Waals surface area contributed by atoms with E-state index < -0.39 is 27.7 Å². The number of nitrogens with one attached hydrogen (secondary N) is 1. The van der Waals surface area contributed by atoms with Crippen LogP contribution in [0.3, 0.4) is 0 Å². The highest BCUT2D eigenvalue weighted by Crippen LogP contribution is 2.22. The van der Waals surface area contributed by atoms with Gasteiger partial charge in [-0.3, -0.25) is 13.9 Å². The number of nitrogens with zero attached hydrogens (tertiary/aromatic N) is 2. The number of ether oxygens (including phenoxy) is 1. The van der Waals surface area contributed by atoms with Crippen LogP contribution < -0.4 is 14.4 Å². The maximum atomic E-state index is 13.7. The molecule has 0 aliphatic heterocycles. The third-order valence-corrected chi connectivity index (χ3v) is 6.87. The van der Waals surface area contributed by atoms with Gasteiger partial charge in [-0.05, 0) is 56.5 Å². The molecule has 0 saturated carbocycles. The van der Waals surface area contributed by atoms with Gasteiger partial charge in [-0.2, -0.15) is 0 Å². The predicted molar refractivity (Wildman–Crippen MR) is 139 cm³/mol. The standard InChI is InChI=1S/C26H35F2N3O5S/c1-6-24(26(33)29-18(2)3)30(17-19-9-12-21(36-4)13-10-19)25(32)8-7-15-31(37(5,34)35)20-11-14-22(27)23(28)16-20/h9-14,16,18,24H,6-8,15,17H2,1-5H3,(H,29,33)/t24-/m0/s1. The van der Waals surface area contributed by atoms with Crippen molar-refractivity contribution in [2.24, 2.45) is 0 Å². The number of carbonyl (C=O) groups is 2. The zero-order chi connectivity index (χ0) is 27.8. The molecule has 0 unspecified atom stereocenters. The molecule has 2 rings (SSSR count). The van der Waals surface area contributed by atoms with Crippen molar-refractivity contribution in [3.63, 3.8) is 0 Å². The number of methoxy groups -OCH3 is 1. The van der Waals surface area contributed by atoms with Gasteiger partial charge in [0, 0.05) is 31.6 Å². The number of sulfonamides is 1. The molecule has 0 saturated heterocycles. The van der Waals surface area contributed by atoms with Gasteiger partial charge in [0.25, 0.3) is 0 Å². The Morgan fingerprint density at radius 1 is 1.05 bits per heavy atom. The SMILES string of the molecule is CC[C@@H](C(=O)NC(C)C)N(Cc1ccc(OC)cc1)C(=O)CCCN(c1ccc(F)c(F)c1)S(C)(=O)=O. The number of carbonyl (C=O) groups excluding carboxylic acids is 2. The van der Waals surface area contributed by atoms with Crippen molar-refractivity contribution in [3.05, 3.63) is 59.7 Å². The summed E-state index contributed by atoms with van der Waals surface area (Å²) in [5.74, 6) is -2.22. The Morgan fingerprint density at radius 3 is 2.22 bits per heavy atom. The lowest BCUT2D eigenvalue weighted by atomic mass is 10.1. The minimum Gasteiger partial charge on any atom is -0.497 e. The molecule has 1 atom stereocenters. The fourth-order valence-electron chi connectivity index (χ4n) is 3.87. The molecule has 2 aromatic rings. The fraction of sp³-hybridized carbons (Fsp3) is 0.462. The Bertz CT molecular complexity index is 1170. The lowest BCUT2D eigenvalue weighted by molar-refractivity contribution is -0.141. The number of halogens is 2. The largest absolute Gasteiger partial charge is 0.497 e. The summed E-state index contributed by atoms with van der Waals surface area (Å²) in [6.07, 6.45) is 1.38. The lowest BCUT2D eigenvalue weighted by Gasteiger charge is -2.31. The third kappa shape index (κ3) is 8.70. The lowest BCUT2D eigenvalue weighted by Crippen LogP contribution is -2.50. The zero-order valence-electron chi connectivity index (χ0n) is 21.8. The van der Waals surface area contributed by atoms with Crippen LogP contribution in [-0.4, -0.2) is 57.1 Å². The topological polar surface area (TPSA) is 96.0 Å². The predicted octanol–water partition coefficient (Wildman–Crippen LogP) is 3.85. The number of rotatable bonds is 13. The highest BCUT2D eigenvalue weighted by molar-refractivity contribution is 7.92. The first-order chi connectivity index (χ1) is 17.4. The van der Waals surface area contributed by atoms with Crippen molar-refractivity contribution in [1.29, 1.82) is 0 Å². The summed E-state index contributed by atoms with van der Waals surface area (Å²) >= 11 is 0. The van der Waals surface area contributed by atoms with Crippen LogP contribution in [-0.2, 0) is 26.2 Å². The van der Waals surface area contributed by atoms with Crippen molar-refractivity contribution in [2.45, 2.75) is 58.7 Å². The Morgan fingerprint density at radius 2 is 1.70 bits per heavy atom. The molecule has 0 aliphatic rings. The first kappa shape index (κ1) is 30.0. The van der Waals surface area contributed by atoms with E-state index in [1.165, 1.54) is 11.0 Å². The Kier molecular flexibility index (Phi) is 10.8. The minimum atomic E-state index is -3.83. The molecule has 11 heteroatoms. The Labute approximate surface area is 217 Å². The molecule has 0 aromatic heterocycles. The van der Waals surface area contributed by atoms with Crippen LogP contribution in [0.5, 0.6) is 5.75 Å². The van der Waals surface area contributed by atoms with E-state index in [1.807, 2.05) is 20.8 Å². The van der Waals surface area contributed by atoms with Gasteiger partial charge in [0.15, 0.2) is 11.6 Å². The van der Waals surface area contributed by atoms with E-state index in [1.54, 1.807) is 31.4 Å². The van der Waals surface area contributed by atoms with Crippen molar-refractivity contribution < 1.29 is 31.5 Å². The van der Waals surface area contributed by atoms with Gasteiger partial charge >= 0.3 is 0 Å². The molecule has 8 nitrogen and oxygen atoms in total. The average Bonchev–Trinajstić information content (AvgIpc) is 2.82. The summed E-state index contributed by atoms with van der Waals surface area (Å²) in [5.41, 5.74) is 0.760. The van der Waals surface area contributed by atoms with E-state index in [2.05, 4.69) is 5.32 Å². The second-order valence-corrected chi connectivity index (χ2v) is 10.9. The summed E-state index contributed by atoms with van der Waals surface area (Å²) in [7, 11) is -2.28. The smallest absolute Gasteiger partial charge is 0.243 e. The molecule has 2 amide bonds. The van der Waals surface area contributed by atoms with Crippen LogP contribution in [0.25, 0.3) is 0 Å². The number of anilines is 1. The maximum Gasteiger partial charge on any atom is 0.243 e. The molecule has 0 heterocycles. The van der Waals surface area contributed by atoms with Gasteiger partial charge in [0.2, 0.25) is 21.8 Å². The van der Waals surface area contributed by atoms with E-state index in [9.17, 15) is 26.8 Å². The van der Waals surface area contributed by atoms with Crippen LogP contribution in [0.15, 0.2) is 42.5 Å². The molecule has 0 spiro atoms. The van der Waals surface area contributed by atoms with Crippen molar-refractivity contribution in [2.75, 3.05) is 24.2 Å². The van der Waals surface area contributed by atoms with Crippen molar-refractivity contribution in [1.82, 2.24) is 10.2 Å². The first-order valence-electron chi connectivity index (χ1n) is 12.0. The van der Waals surface area contributed by atoms with E-state index in [0.29, 0.717) is 12.2 Å². The fourth-order valence-corrected chi connectivity index (χ4v) is 4.83. The number of hydrogen-bond donors (Lipinski definition) is 1. The molecular formula is C26H35F2N3O5S. The monoisotopic (exact) mass is 539 g/mol. The molecule has 0 fully saturated rings. The molecular weight excluding hydrogens is 504 g/mol. The highest BCUT2D eigenvalue weighted by atomic mass is 32.2. The van der Waals surface area contributed by atoms with E-state index in [-0.39, 0.29) is 49.5 Å². The third-order valence-electron chi connectivity index (χ3n) is 5.67. The summed E-state index contributed by atoms with van der Waals surface area (Å²) in [4.78, 5) is 27.8. The summed E-state index contributed by atoms with van der Waals surface area (Å²) in [5, 5.41) is 2.85. The molecule has 37 heavy (non-hydrogen) atoms. The van der Waals surface area contributed by atoms with Crippen LogP contribution in [0.2, 0.25) is 0 Å². The summed E-state index contributed by atoms with van der Waals surface area (Å²) in [6, 6.07) is 9.12. The second-order valence-electron chi connectivity index (χ2n) is 8.99. The van der Waals surface area contributed by atoms with Gasteiger partial charge in [-0.25, -0.2) is 17.2 Å². The number of hydrogen-bond acceptors (Lipinski definition) is 5. The minimum absolute atomic E-state index is 0.0355. The van der Waals surface area contributed by atoms with Gasteiger partial charge in [0.1, 0.15) is 11.8 Å². The normalized spacial score (nSPS) is 12.2. The molecule has 0 radical (unpaired) electrons. The van der Waals surface area contributed by atoms with E-state index in [0.717, 1.165) is 28.3 Å². The van der Waals surface area contributed by atoms with Crippen molar-refractivity contribution in [3.8, 4) is 5.75 Å². The van der Waals surface area contributed by atoms with Crippen LogP contribution in [0.4, 0.5) is 14.5 Å². The van der Waals surface area contributed by atoms with Gasteiger partial charge < -0.3 is 15.0 Å². The number of amides is 2. The molecule has 0 aliphatic carbocycles. The summed E-state index contributed by atoms with van der Waals surface area (Å²) in [6.45, 7) is 5.52. The Balaban J connectivity index is 2.23. The molecule has 1 N–H and O–H groups in total. The van der Waals surface area contributed by atoms with Crippen LogP contribution in [0, 0.1) is 11.6 Å². The van der Waals surface area contributed by atoms with E-state index in [4.69, 9.17) is 4.74 Å². The first-order valence-corrected chi connectivity index (χ1v) is 13.9. The van der Waals surface area contributed by atoms with Crippen LogP contribution >= 0.6 is 0 Å². The average molecular weight is 540 g/mol. The maximum absolute atomic E-state index is 13.7.